The summed E-state index contributed by atoms with van der Waals surface area (Å²) in [5.41, 5.74) is 1.58. The van der Waals surface area contributed by atoms with Crippen molar-refractivity contribution in [2.24, 2.45) is 5.10 Å². The first-order chi connectivity index (χ1) is 14.0. The molecule has 1 aliphatic rings. The average Bonchev–Trinajstić information content (AvgIpc) is 3.48. The van der Waals surface area contributed by atoms with Crippen molar-refractivity contribution in [2.75, 3.05) is 13.6 Å². The zero-order chi connectivity index (χ0) is 20.4. The highest BCUT2D eigenvalue weighted by atomic mass is 32.1. The first kappa shape index (κ1) is 19.1. The Kier molecular flexibility index (Phi) is 5.26. The molecule has 1 atom stereocenters. The number of carbonyl (C=O) groups excluding carboxylic acids is 2. The third-order valence-corrected chi connectivity index (χ3v) is 5.60. The molecule has 0 spiro atoms. The van der Waals surface area contributed by atoms with E-state index in [2.05, 4.69) is 5.10 Å². The molecule has 2 aromatic heterocycles. The summed E-state index contributed by atoms with van der Waals surface area (Å²) >= 11 is 1.54. The summed E-state index contributed by atoms with van der Waals surface area (Å²) in [5, 5.41) is 7.89. The van der Waals surface area contributed by atoms with E-state index < -0.39 is 0 Å². The number of nitrogens with zero attached hydrogens (tertiary/aromatic N) is 3. The third-order valence-electron chi connectivity index (χ3n) is 4.68. The van der Waals surface area contributed by atoms with Gasteiger partial charge in [-0.3, -0.25) is 9.59 Å². The molecule has 4 rings (SSSR count). The number of hydrogen-bond acceptors (Lipinski definition) is 5. The van der Waals surface area contributed by atoms with Crippen LogP contribution in [0, 0.1) is 5.82 Å². The molecule has 0 unspecified atom stereocenters. The summed E-state index contributed by atoms with van der Waals surface area (Å²) in [5.74, 6) is -0.885. The summed E-state index contributed by atoms with van der Waals surface area (Å²) in [6.07, 6.45) is 1.93. The maximum atomic E-state index is 13.4. The van der Waals surface area contributed by atoms with Gasteiger partial charge < -0.3 is 9.32 Å². The molecule has 0 aliphatic carbocycles. The van der Waals surface area contributed by atoms with Gasteiger partial charge in [0.25, 0.3) is 11.8 Å². The highest BCUT2D eigenvalue weighted by Gasteiger charge is 2.34. The number of halogens is 1. The fraction of sp³-hybridized carbons (Fsp3) is 0.190. The van der Waals surface area contributed by atoms with Crippen LogP contribution in [0.5, 0.6) is 0 Å². The molecule has 29 heavy (non-hydrogen) atoms. The van der Waals surface area contributed by atoms with E-state index in [0.717, 1.165) is 16.2 Å². The Morgan fingerprint density at radius 1 is 1.24 bits per heavy atom. The van der Waals surface area contributed by atoms with Crippen LogP contribution in [0.4, 0.5) is 4.39 Å². The molecule has 0 saturated heterocycles. The summed E-state index contributed by atoms with van der Waals surface area (Å²) in [4.78, 5) is 27.7. The van der Waals surface area contributed by atoms with Crippen LogP contribution in [0.25, 0.3) is 0 Å². The normalized spacial score (nSPS) is 16.0. The third kappa shape index (κ3) is 3.97. The quantitative estimate of drug-likeness (QED) is 0.639. The fourth-order valence-electron chi connectivity index (χ4n) is 3.21. The molecule has 148 valence electrons. The first-order valence-electron chi connectivity index (χ1n) is 9.01. The smallest absolute Gasteiger partial charge is 0.289 e. The lowest BCUT2D eigenvalue weighted by atomic mass is 10.0. The van der Waals surface area contributed by atoms with Gasteiger partial charge in [0.05, 0.1) is 22.9 Å². The van der Waals surface area contributed by atoms with Gasteiger partial charge in [0.15, 0.2) is 5.76 Å². The fourth-order valence-corrected chi connectivity index (χ4v) is 3.93. The lowest BCUT2D eigenvalue weighted by Gasteiger charge is -2.24. The molecule has 0 saturated carbocycles. The number of thiophene rings is 1. The number of carbonyl (C=O) groups is 2. The minimum absolute atomic E-state index is 0.154. The van der Waals surface area contributed by atoms with E-state index in [1.807, 2.05) is 17.5 Å². The van der Waals surface area contributed by atoms with Crippen LogP contribution in [0.1, 0.15) is 33.5 Å². The molecule has 0 N–H and O–H groups in total. The highest BCUT2D eigenvalue weighted by Crippen LogP contribution is 2.34. The Hall–Kier alpha value is -3.26. The topological polar surface area (TPSA) is 66.1 Å². The van der Waals surface area contributed by atoms with Crippen LogP contribution < -0.4 is 0 Å². The van der Waals surface area contributed by atoms with Gasteiger partial charge in [-0.1, -0.05) is 18.2 Å². The van der Waals surface area contributed by atoms with Crippen LogP contribution >= 0.6 is 11.3 Å². The Bertz CT molecular complexity index is 1030. The molecule has 0 bridgehead atoms. The Balaban J connectivity index is 1.57. The van der Waals surface area contributed by atoms with Gasteiger partial charge in [-0.25, -0.2) is 9.40 Å². The van der Waals surface area contributed by atoms with Gasteiger partial charge in [0, 0.05) is 13.5 Å². The molecule has 0 fully saturated rings. The van der Waals surface area contributed by atoms with Crippen molar-refractivity contribution in [1.29, 1.82) is 0 Å². The van der Waals surface area contributed by atoms with Gasteiger partial charge in [-0.05, 0) is 41.3 Å². The zero-order valence-corrected chi connectivity index (χ0v) is 16.4. The predicted molar refractivity (Wildman–Crippen MR) is 107 cm³/mol. The Morgan fingerprint density at radius 2 is 2.03 bits per heavy atom. The van der Waals surface area contributed by atoms with E-state index in [0.29, 0.717) is 6.42 Å². The van der Waals surface area contributed by atoms with Crippen molar-refractivity contribution in [3.8, 4) is 0 Å². The second-order valence-corrected chi connectivity index (χ2v) is 7.62. The van der Waals surface area contributed by atoms with Crippen molar-refractivity contribution in [2.45, 2.75) is 12.5 Å². The number of rotatable bonds is 5. The monoisotopic (exact) mass is 411 g/mol. The summed E-state index contributed by atoms with van der Waals surface area (Å²) in [7, 11) is 1.54. The molecule has 3 heterocycles. The van der Waals surface area contributed by atoms with Gasteiger partial charge >= 0.3 is 0 Å². The van der Waals surface area contributed by atoms with E-state index in [-0.39, 0.29) is 36.0 Å². The molecule has 6 nitrogen and oxygen atoms in total. The number of likely N-dealkylation sites (N-methyl/N-ethyl adjacent to an activating group) is 1. The number of furan rings is 1. The standard InChI is InChI=1S/C21H18FN3O3S/c1-24(21(27)18-4-2-10-28-18)13-20(26)25-17(14-6-8-15(22)9-7-14)12-16(23-25)19-5-3-11-29-19/h2-11,17H,12-13H2,1H3/t17-/m1/s1. The van der Waals surface area contributed by atoms with Crippen molar-refractivity contribution in [3.63, 3.8) is 0 Å². The van der Waals surface area contributed by atoms with Gasteiger partial charge in [0.2, 0.25) is 0 Å². The van der Waals surface area contributed by atoms with Gasteiger partial charge in [-0.2, -0.15) is 5.10 Å². The van der Waals surface area contributed by atoms with Crippen LogP contribution in [0.3, 0.4) is 0 Å². The van der Waals surface area contributed by atoms with Crippen LogP contribution in [0.2, 0.25) is 0 Å². The molecule has 1 aromatic carbocycles. The van der Waals surface area contributed by atoms with E-state index in [1.165, 1.54) is 35.4 Å². The van der Waals surface area contributed by atoms with Crippen molar-refractivity contribution < 1.29 is 18.4 Å². The number of benzene rings is 1. The second kappa shape index (κ2) is 8.00. The molecule has 8 heteroatoms. The summed E-state index contributed by atoms with van der Waals surface area (Å²) in [6.45, 7) is -0.154. The van der Waals surface area contributed by atoms with Gasteiger partial charge in [0.1, 0.15) is 12.4 Å². The summed E-state index contributed by atoms with van der Waals surface area (Å²) < 4.78 is 18.5. The second-order valence-electron chi connectivity index (χ2n) is 6.67. The maximum Gasteiger partial charge on any atom is 0.289 e. The zero-order valence-electron chi connectivity index (χ0n) is 15.6. The van der Waals surface area contributed by atoms with E-state index in [4.69, 9.17) is 4.42 Å². The number of amides is 2. The molecule has 3 aromatic rings. The van der Waals surface area contributed by atoms with Crippen molar-refractivity contribution in [1.82, 2.24) is 9.91 Å². The number of hydrazone groups is 1. The Labute approximate surface area is 170 Å². The average molecular weight is 411 g/mol. The van der Waals surface area contributed by atoms with Crippen LogP contribution in [-0.2, 0) is 4.79 Å². The molecular formula is C21H18FN3O3S. The SMILES string of the molecule is CN(CC(=O)N1N=C(c2cccs2)C[C@@H]1c1ccc(F)cc1)C(=O)c1ccco1. The summed E-state index contributed by atoms with van der Waals surface area (Å²) in [6, 6.07) is 12.7. The van der Waals surface area contributed by atoms with Crippen molar-refractivity contribution >= 4 is 28.9 Å². The molecule has 2 amide bonds. The van der Waals surface area contributed by atoms with Crippen LogP contribution in [-0.4, -0.2) is 41.0 Å². The van der Waals surface area contributed by atoms with E-state index in [1.54, 1.807) is 35.6 Å². The lowest BCUT2D eigenvalue weighted by molar-refractivity contribution is -0.133. The predicted octanol–water partition coefficient (Wildman–Crippen LogP) is 3.93. The molecule has 1 aliphatic heterocycles. The molecule has 0 radical (unpaired) electrons. The molecular weight excluding hydrogens is 393 g/mol. The largest absolute Gasteiger partial charge is 0.459 e. The van der Waals surface area contributed by atoms with Crippen molar-refractivity contribution in [3.05, 3.63) is 82.2 Å². The number of hydrogen-bond donors (Lipinski definition) is 0. The minimum Gasteiger partial charge on any atom is -0.459 e. The minimum atomic E-state index is -0.386. The lowest BCUT2D eigenvalue weighted by Crippen LogP contribution is -2.39. The highest BCUT2D eigenvalue weighted by molar-refractivity contribution is 7.12. The van der Waals surface area contributed by atoms with E-state index >= 15 is 0 Å². The first-order valence-corrected chi connectivity index (χ1v) is 9.89. The van der Waals surface area contributed by atoms with E-state index in [9.17, 15) is 14.0 Å². The van der Waals surface area contributed by atoms with Gasteiger partial charge in [-0.15, -0.1) is 11.3 Å². The van der Waals surface area contributed by atoms with Crippen LogP contribution in [0.15, 0.2) is 69.7 Å². The maximum absolute atomic E-state index is 13.4. The Morgan fingerprint density at radius 3 is 2.69 bits per heavy atom.